The summed E-state index contributed by atoms with van der Waals surface area (Å²) in [6, 6.07) is 5.23. The van der Waals surface area contributed by atoms with Crippen LogP contribution in [0.15, 0.2) is 27.5 Å². The molecule has 0 saturated carbocycles. The van der Waals surface area contributed by atoms with Gasteiger partial charge in [0, 0.05) is 15.6 Å². The van der Waals surface area contributed by atoms with Crippen LogP contribution in [0.25, 0.3) is 10.9 Å². The van der Waals surface area contributed by atoms with Crippen molar-refractivity contribution in [1.29, 1.82) is 0 Å². The third-order valence-electron chi connectivity index (χ3n) is 2.11. The topological polar surface area (TPSA) is 83.0 Å². The van der Waals surface area contributed by atoms with E-state index < -0.39 is 11.7 Å². The van der Waals surface area contributed by atoms with Crippen molar-refractivity contribution in [2.24, 2.45) is 0 Å². The van der Waals surface area contributed by atoms with E-state index in [2.05, 4.69) is 25.9 Å². The molecule has 1 aromatic carbocycles. The van der Waals surface area contributed by atoms with E-state index in [0.29, 0.717) is 21.1 Å². The molecule has 0 radical (unpaired) electrons. The molecular weight excluding hydrogens is 276 g/mol. The number of carbonyl (C=O) groups is 1. The van der Waals surface area contributed by atoms with Crippen molar-refractivity contribution in [3.05, 3.63) is 38.9 Å². The molecule has 0 bridgehead atoms. The molecule has 16 heavy (non-hydrogen) atoms. The van der Waals surface area contributed by atoms with E-state index in [1.165, 1.54) is 0 Å². The SMILES string of the molecule is O=C(O)Cc1[nH]c(=O)nc2c(Br)cccc12. The van der Waals surface area contributed by atoms with Crippen LogP contribution in [-0.4, -0.2) is 21.0 Å². The first-order valence-electron chi connectivity index (χ1n) is 4.47. The fourth-order valence-electron chi connectivity index (χ4n) is 1.49. The predicted octanol–water partition coefficient (Wildman–Crippen LogP) is 1.31. The summed E-state index contributed by atoms with van der Waals surface area (Å²) in [5.41, 5.74) is 0.293. The van der Waals surface area contributed by atoms with Gasteiger partial charge in [0.1, 0.15) is 0 Å². The maximum atomic E-state index is 11.3. The van der Waals surface area contributed by atoms with Crippen LogP contribution in [-0.2, 0) is 11.2 Å². The van der Waals surface area contributed by atoms with Gasteiger partial charge in [-0.15, -0.1) is 0 Å². The van der Waals surface area contributed by atoms with Crippen LogP contribution < -0.4 is 5.69 Å². The van der Waals surface area contributed by atoms with Crippen molar-refractivity contribution >= 4 is 32.8 Å². The molecule has 82 valence electrons. The average Bonchev–Trinajstić information content (AvgIpc) is 2.18. The highest BCUT2D eigenvalue weighted by Gasteiger charge is 2.09. The number of H-pyrrole nitrogens is 1. The van der Waals surface area contributed by atoms with Gasteiger partial charge < -0.3 is 10.1 Å². The van der Waals surface area contributed by atoms with E-state index in [4.69, 9.17) is 5.11 Å². The zero-order chi connectivity index (χ0) is 11.7. The molecule has 2 aromatic rings. The monoisotopic (exact) mass is 282 g/mol. The molecule has 1 aromatic heterocycles. The van der Waals surface area contributed by atoms with Crippen molar-refractivity contribution in [3.8, 4) is 0 Å². The van der Waals surface area contributed by atoms with Gasteiger partial charge in [-0.3, -0.25) is 4.79 Å². The quantitative estimate of drug-likeness (QED) is 0.870. The Morgan fingerprint density at radius 1 is 1.50 bits per heavy atom. The minimum absolute atomic E-state index is 0.231. The van der Waals surface area contributed by atoms with Crippen LogP contribution in [0, 0.1) is 0 Å². The number of halogens is 1. The van der Waals surface area contributed by atoms with E-state index in [1.807, 2.05) is 0 Å². The summed E-state index contributed by atoms with van der Waals surface area (Å²) in [5.74, 6) is -0.997. The summed E-state index contributed by atoms with van der Waals surface area (Å²) in [6.45, 7) is 0. The van der Waals surface area contributed by atoms with Gasteiger partial charge in [-0.1, -0.05) is 12.1 Å². The van der Waals surface area contributed by atoms with Gasteiger partial charge >= 0.3 is 11.7 Å². The number of para-hydroxylation sites is 1. The Hall–Kier alpha value is -1.69. The number of fused-ring (bicyclic) bond motifs is 1. The van der Waals surface area contributed by atoms with Crippen molar-refractivity contribution in [1.82, 2.24) is 9.97 Å². The number of nitrogens with zero attached hydrogens (tertiary/aromatic N) is 1. The standard InChI is InChI=1S/C10H7BrN2O3/c11-6-3-1-2-5-7(4-8(14)15)12-10(16)13-9(5)6/h1-3H,4H2,(H,14,15)(H,12,13,16). The highest BCUT2D eigenvalue weighted by atomic mass is 79.9. The molecule has 0 atom stereocenters. The first-order chi connectivity index (χ1) is 7.58. The third-order valence-corrected chi connectivity index (χ3v) is 2.75. The molecule has 0 fully saturated rings. The van der Waals surface area contributed by atoms with Crippen LogP contribution in [0.3, 0.4) is 0 Å². The fraction of sp³-hybridized carbons (Fsp3) is 0.100. The van der Waals surface area contributed by atoms with Crippen LogP contribution in [0.5, 0.6) is 0 Å². The van der Waals surface area contributed by atoms with Crippen molar-refractivity contribution in [3.63, 3.8) is 0 Å². The molecule has 2 rings (SSSR count). The normalized spacial score (nSPS) is 10.6. The number of carboxylic acid groups (broad SMARTS) is 1. The van der Waals surface area contributed by atoms with Crippen LogP contribution in [0.2, 0.25) is 0 Å². The minimum atomic E-state index is -0.997. The number of carboxylic acids is 1. The zero-order valence-electron chi connectivity index (χ0n) is 8.03. The summed E-state index contributed by atoms with van der Waals surface area (Å²) in [4.78, 5) is 28.1. The molecule has 5 nitrogen and oxygen atoms in total. The average molecular weight is 283 g/mol. The van der Waals surface area contributed by atoms with Crippen molar-refractivity contribution in [2.45, 2.75) is 6.42 Å². The number of hydrogen-bond acceptors (Lipinski definition) is 3. The molecule has 0 unspecified atom stereocenters. The summed E-state index contributed by atoms with van der Waals surface area (Å²) < 4.78 is 0.669. The van der Waals surface area contributed by atoms with E-state index in [9.17, 15) is 9.59 Å². The van der Waals surface area contributed by atoms with Crippen LogP contribution in [0.4, 0.5) is 0 Å². The molecule has 2 N–H and O–H groups in total. The Balaban J connectivity index is 2.78. The Bertz CT molecular complexity index is 621. The second-order valence-corrected chi connectivity index (χ2v) is 4.08. The molecule has 0 aliphatic rings. The maximum Gasteiger partial charge on any atom is 0.345 e. The van der Waals surface area contributed by atoms with E-state index in [1.54, 1.807) is 18.2 Å². The van der Waals surface area contributed by atoms with Gasteiger partial charge in [-0.05, 0) is 22.0 Å². The third kappa shape index (κ3) is 1.96. The van der Waals surface area contributed by atoms with Gasteiger partial charge in [-0.2, -0.15) is 4.98 Å². The van der Waals surface area contributed by atoms with Crippen molar-refractivity contribution < 1.29 is 9.90 Å². The number of rotatable bonds is 2. The minimum Gasteiger partial charge on any atom is -0.481 e. The highest BCUT2D eigenvalue weighted by Crippen LogP contribution is 2.22. The Labute approximate surface area is 98.3 Å². The Morgan fingerprint density at radius 2 is 2.25 bits per heavy atom. The maximum absolute atomic E-state index is 11.3. The second-order valence-electron chi connectivity index (χ2n) is 3.23. The van der Waals surface area contributed by atoms with Gasteiger partial charge in [0.2, 0.25) is 0 Å². The molecule has 1 heterocycles. The number of nitrogens with one attached hydrogen (secondary N) is 1. The number of hydrogen-bond donors (Lipinski definition) is 2. The summed E-state index contributed by atoms with van der Waals surface area (Å²) >= 11 is 3.27. The Morgan fingerprint density at radius 3 is 2.94 bits per heavy atom. The smallest absolute Gasteiger partial charge is 0.345 e. The van der Waals surface area contributed by atoms with Gasteiger partial charge in [0.05, 0.1) is 11.9 Å². The summed E-state index contributed by atoms with van der Waals surface area (Å²) in [7, 11) is 0. The number of aromatic amines is 1. The van der Waals surface area contributed by atoms with Gasteiger partial charge in [0.15, 0.2) is 0 Å². The van der Waals surface area contributed by atoms with E-state index in [0.717, 1.165) is 0 Å². The molecule has 0 saturated heterocycles. The molecule has 0 aliphatic heterocycles. The molecular formula is C10H7BrN2O3. The molecule has 6 heteroatoms. The van der Waals surface area contributed by atoms with E-state index in [-0.39, 0.29) is 6.42 Å². The number of benzene rings is 1. The largest absolute Gasteiger partial charge is 0.481 e. The number of aliphatic carboxylic acids is 1. The predicted molar refractivity (Wildman–Crippen MR) is 61.4 cm³/mol. The lowest BCUT2D eigenvalue weighted by Gasteiger charge is -2.04. The first kappa shape index (κ1) is 10.8. The highest BCUT2D eigenvalue weighted by molar-refractivity contribution is 9.10. The molecule has 0 amide bonds. The van der Waals surface area contributed by atoms with Gasteiger partial charge in [-0.25, -0.2) is 4.79 Å². The second kappa shape index (κ2) is 4.05. The zero-order valence-corrected chi connectivity index (χ0v) is 9.61. The lowest BCUT2D eigenvalue weighted by atomic mass is 10.1. The lowest BCUT2D eigenvalue weighted by molar-refractivity contribution is -0.136. The lowest BCUT2D eigenvalue weighted by Crippen LogP contribution is -2.15. The summed E-state index contributed by atoms with van der Waals surface area (Å²) in [6.07, 6.45) is -0.231. The first-order valence-corrected chi connectivity index (χ1v) is 5.26. The van der Waals surface area contributed by atoms with Crippen molar-refractivity contribution in [2.75, 3.05) is 0 Å². The molecule has 0 aliphatic carbocycles. The van der Waals surface area contributed by atoms with E-state index >= 15 is 0 Å². The summed E-state index contributed by atoms with van der Waals surface area (Å²) in [5, 5.41) is 9.37. The van der Waals surface area contributed by atoms with Crippen LogP contribution >= 0.6 is 15.9 Å². The number of aromatic nitrogens is 2. The Kier molecular flexibility index (Phi) is 2.74. The fourth-order valence-corrected chi connectivity index (χ4v) is 1.94. The van der Waals surface area contributed by atoms with Gasteiger partial charge in [0.25, 0.3) is 0 Å². The molecule has 0 spiro atoms. The van der Waals surface area contributed by atoms with Crippen LogP contribution in [0.1, 0.15) is 5.69 Å².